The van der Waals surface area contributed by atoms with Crippen LogP contribution in [0.15, 0.2) is 12.7 Å². The summed E-state index contributed by atoms with van der Waals surface area (Å²) >= 11 is 0. The summed E-state index contributed by atoms with van der Waals surface area (Å²) in [5, 5.41) is 7.02. The molecule has 0 aromatic carbocycles. The van der Waals surface area contributed by atoms with Crippen LogP contribution >= 0.6 is 0 Å². The van der Waals surface area contributed by atoms with E-state index >= 15 is 0 Å². The summed E-state index contributed by atoms with van der Waals surface area (Å²) < 4.78 is 2.28. The van der Waals surface area contributed by atoms with Crippen LogP contribution in [-0.2, 0) is 0 Å². The summed E-state index contributed by atoms with van der Waals surface area (Å²) in [6.07, 6.45) is 8.60. The Morgan fingerprint density at radius 2 is 2.15 bits per heavy atom. The number of fused-ring (bicyclic) bond motifs is 3. The van der Waals surface area contributed by atoms with Crippen molar-refractivity contribution in [2.75, 3.05) is 11.9 Å². The number of imidazole rings is 1. The van der Waals surface area contributed by atoms with Crippen LogP contribution in [0.25, 0.3) is 11.2 Å². The molecule has 2 aromatic rings. The van der Waals surface area contributed by atoms with E-state index in [0.717, 1.165) is 29.4 Å². The highest BCUT2D eigenvalue weighted by molar-refractivity contribution is 5.83. The molecule has 3 heterocycles. The Morgan fingerprint density at radius 3 is 2.90 bits per heavy atom. The van der Waals surface area contributed by atoms with Crippen LogP contribution in [-0.4, -0.2) is 38.1 Å². The van der Waals surface area contributed by atoms with E-state index in [4.69, 9.17) is 0 Å². The molecule has 3 fully saturated rings. The summed E-state index contributed by atoms with van der Waals surface area (Å²) in [6.45, 7) is 1.13. The Kier molecular flexibility index (Phi) is 2.16. The minimum absolute atomic E-state index is 0.551. The molecule has 20 heavy (non-hydrogen) atoms. The minimum Gasteiger partial charge on any atom is -0.365 e. The number of piperidine rings is 1. The zero-order chi connectivity index (χ0) is 13.1. The molecule has 1 saturated heterocycles. The summed E-state index contributed by atoms with van der Waals surface area (Å²) in [5.74, 6) is 1.63. The first-order valence-electron chi connectivity index (χ1n) is 7.56. The predicted molar refractivity (Wildman–Crippen MR) is 75.5 cm³/mol. The summed E-state index contributed by atoms with van der Waals surface area (Å²) in [7, 11) is 0. The summed E-state index contributed by atoms with van der Waals surface area (Å²) in [6, 6.07) is 1.83. The third kappa shape index (κ3) is 1.57. The summed E-state index contributed by atoms with van der Waals surface area (Å²) in [4.78, 5) is 13.4. The molecule has 0 unspecified atom stereocenters. The molecule has 0 amide bonds. The second-order valence-corrected chi connectivity index (χ2v) is 6.37. The normalized spacial score (nSPS) is 32.1. The van der Waals surface area contributed by atoms with Crippen LogP contribution in [0.1, 0.15) is 31.7 Å². The second-order valence-electron chi connectivity index (χ2n) is 6.37. The van der Waals surface area contributed by atoms with Gasteiger partial charge in [0.2, 0.25) is 0 Å². The van der Waals surface area contributed by atoms with Gasteiger partial charge in [-0.15, -0.1) is 0 Å². The Labute approximate surface area is 117 Å². The third-order valence-corrected chi connectivity index (χ3v) is 4.96. The van der Waals surface area contributed by atoms with Gasteiger partial charge < -0.3 is 15.2 Å². The molecule has 2 N–H and O–H groups in total. The van der Waals surface area contributed by atoms with Gasteiger partial charge in [0.25, 0.3) is 0 Å². The van der Waals surface area contributed by atoms with Crippen molar-refractivity contribution >= 4 is 17.0 Å². The first-order valence-corrected chi connectivity index (χ1v) is 7.56. The molecule has 3 aliphatic rings. The first kappa shape index (κ1) is 11.0. The maximum atomic E-state index is 4.58. The SMILES string of the molecule is c1nc(NC2CC2)c2ncn([C@H]3C[C@H]4C[C@@H]3CN4)c2n1. The Bertz CT molecular complexity index is 661. The van der Waals surface area contributed by atoms with Crippen molar-refractivity contribution in [3.8, 4) is 0 Å². The lowest BCUT2D eigenvalue weighted by molar-refractivity contribution is 0.351. The quantitative estimate of drug-likeness (QED) is 0.880. The molecular weight excluding hydrogens is 252 g/mol. The van der Waals surface area contributed by atoms with Crippen molar-refractivity contribution in [3.05, 3.63) is 12.7 Å². The summed E-state index contributed by atoms with van der Waals surface area (Å²) in [5.41, 5.74) is 1.91. The Balaban J connectivity index is 1.56. The van der Waals surface area contributed by atoms with Crippen LogP contribution < -0.4 is 10.6 Å². The van der Waals surface area contributed by atoms with Gasteiger partial charge in [0, 0.05) is 24.7 Å². The monoisotopic (exact) mass is 270 g/mol. The molecule has 0 radical (unpaired) electrons. The third-order valence-electron chi connectivity index (χ3n) is 4.96. The second kappa shape index (κ2) is 3.91. The number of hydrogen-bond donors (Lipinski definition) is 2. The lowest BCUT2D eigenvalue weighted by Gasteiger charge is -2.23. The van der Waals surface area contributed by atoms with Crippen LogP contribution in [0.4, 0.5) is 5.82 Å². The maximum Gasteiger partial charge on any atom is 0.165 e. The zero-order valence-electron chi connectivity index (χ0n) is 11.3. The maximum absolute atomic E-state index is 4.58. The number of anilines is 1. The number of nitrogens with zero attached hydrogens (tertiary/aromatic N) is 4. The fourth-order valence-electron chi connectivity index (χ4n) is 3.77. The van der Waals surface area contributed by atoms with Crippen molar-refractivity contribution in [3.63, 3.8) is 0 Å². The Hall–Kier alpha value is -1.69. The standard InChI is InChI=1S/C14H18N6/c1-2-9(1)19-13-12-14(17-6-16-13)20(7-18-12)11-4-10-3-8(11)5-15-10/h6-11,15H,1-5H2,(H,16,17,19)/t8-,10-,11+/m1/s1. The van der Waals surface area contributed by atoms with E-state index in [2.05, 4.69) is 30.2 Å². The molecule has 3 atom stereocenters. The van der Waals surface area contributed by atoms with Crippen molar-refractivity contribution in [2.45, 2.75) is 43.8 Å². The minimum atomic E-state index is 0.551. The topological polar surface area (TPSA) is 67.7 Å². The molecule has 104 valence electrons. The van der Waals surface area contributed by atoms with Gasteiger partial charge in [-0.2, -0.15) is 0 Å². The molecule has 6 heteroatoms. The number of aromatic nitrogens is 4. The van der Waals surface area contributed by atoms with Crippen LogP contribution in [0.2, 0.25) is 0 Å². The van der Waals surface area contributed by atoms with Gasteiger partial charge in [-0.25, -0.2) is 15.0 Å². The first-order chi connectivity index (χ1) is 9.88. The molecule has 5 rings (SSSR count). The Morgan fingerprint density at radius 1 is 1.20 bits per heavy atom. The molecule has 2 saturated carbocycles. The number of nitrogens with one attached hydrogen (secondary N) is 2. The lowest BCUT2D eigenvalue weighted by Crippen LogP contribution is -2.30. The van der Waals surface area contributed by atoms with E-state index in [1.54, 1.807) is 6.33 Å². The largest absolute Gasteiger partial charge is 0.365 e. The average molecular weight is 270 g/mol. The molecule has 6 nitrogen and oxygen atoms in total. The van der Waals surface area contributed by atoms with Gasteiger partial charge >= 0.3 is 0 Å². The van der Waals surface area contributed by atoms with E-state index in [1.165, 1.54) is 25.7 Å². The van der Waals surface area contributed by atoms with Gasteiger partial charge in [0.1, 0.15) is 11.8 Å². The van der Waals surface area contributed by atoms with Gasteiger partial charge in [-0.1, -0.05) is 0 Å². The molecule has 2 bridgehead atoms. The van der Waals surface area contributed by atoms with E-state index in [-0.39, 0.29) is 0 Å². The van der Waals surface area contributed by atoms with Gasteiger partial charge in [0.15, 0.2) is 11.5 Å². The highest BCUT2D eigenvalue weighted by atomic mass is 15.2. The van der Waals surface area contributed by atoms with E-state index < -0.39 is 0 Å². The van der Waals surface area contributed by atoms with Crippen LogP contribution in [0.3, 0.4) is 0 Å². The van der Waals surface area contributed by atoms with Gasteiger partial charge in [-0.05, 0) is 31.6 Å². The smallest absolute Gasteiger partial charge is 0.165 e. The predicted octanol–water partition coefficient (Wildman–Crippen LogP) is 1.32. The van der Waals surface area contributed by atoms with Crippen molar-refractivity contribution in [1.29, 1.82) is 0 Å². The highest BCUT2D eigenvalue weighted by Crippen LogP contribution is 2.41. The highest BCUT2D eigenvalue weighted by Gasteiger charge is 2.41. The molecule has 2 aromatic heterocycles. The van der Waals surface area contributed by atoms with Crippen LogP contribution in [0, 0.1) is 5.92 Å². The van der Waals surface area contributed by atoms with Crippen molar-refractivity contribution in [2.24, 2.45) is 5.92 Å². The van der Waals surface area contributed by atoms with Gasteiger partial charge in [0.05, 0.1) is 6.33 Å². The molecule has 2 aliphatic carbocycles. The zero-order valence-corrected chi connectivity index (χ0v) is 11.3. The molecule has 0 spiro atoms. The number of hydrogen-bond acceptors (Lipinski definition) is 5. The van der Waals surface area contributed by atoms with Crippen molar-refractivity contribution in [1.82, 2.24) is 24.8 Å². The fraction of sp³-hybridized carbons (Fsp3) is 0.643. The van der Waals surface area contributed by atoms with E-state index in [1.807, 2.05) is 6.33 Å². The van der Waals surface area contributed by atoms with Crippen LogP contribution in [0.5, 0.6) is 0 Å². The molecular formula is C14H18N6. The van der Waals surface area contributed by atoms with E-state index in [0.29, 0.717) is 18.1 Å². The van der Waals surface area contributed by atoms with Crippen molar-refractivity contribution < 1.29 is 0 Å². The lowest BCUT2D eigenvalue weighted by atomic mass is 10.0. The fourth-order valence-corrected chi connectivity index (χ4v) is 3.77. The number of rotatable bonds is 3. The average Bonchev–Trinajstić information content (AvgIpc) is 2.92. The van der Waals surface area contributed by atoms with Gasteiger partial charge in [-0.3, -0.25) is 0 Å². The molecule has 1 aliphatic heterocycles. The van der Waals surface area contributed by atoms with E-state index in [9.17, 15) is 0 Å².